The molecule has 4 heteroatoms. The second-order valence-electron chi connectivity index (χ2n) is 9.10. The second-order valence-corrected chi connectivity index (χ2v) is 9.10. The Hall–Kier alpha value is -1.55. The summed E-state index contributed by atoms with van der Waals surface area (Å²) in [6.45, 7) is 3.23. The van der Waals surface area contributed by atoms with Crippen molar-refractivity contribution >= 4 is 5.97 Å². The molecule has 1 aromatic rings. The van der Waals surface area contributed by atoms with Crippen LogP contribution in [0.2, 0.25) is 0 Å². The first-order valence-electron chi connectivity index (χ1n) is 10.7. The first kappa shape index (κ1) is 18.8. The number of carboxylic acid groups (broad SMARTS) is 1. The molecule has 1 aromatic carbocycles. The molecule has 4 rings (SSSR count). The molecule has 3 aliphatic rings. The van der Waals surface area contributed by atoms with Crippen molar-refractivity contribution in [1.29, 1.82) is 0 Å². The molecule has 0 atom stereocenters. The van der Waals surface area contributed by atoms with Crippen molar-refractivity contribution in [2.24, 2.45) is 11.8 Å². The quantitative estimate of drug-likeness (QED) is 0.840. The van der Waals surface area contributed by atoms with Crippen molar-refractivity contribution < 1.29 is 14.6 Å². The Morgan fingerprint density at radius 3 is 2.63 bits per heavy atom. The van der Waals surface area contributed by atoms with Crippen LogP contribution >= 0.6 is 0 Å². The van der Waals surface area contributed by atoms with E-state index < -0.39 is 5.97 Å². The van der Waals surface area contributed by atoms with E-state index in [0.29, 0.717) is 0 Å². The molecule has 0 unspecified atom stereocenters. The minimum Gasteiger partial charge on any atom is -0.494 e. The number of fused-ring (bicyclic) bond motifs is 2. The first-order valence-corrected chi connectivity index (χ1v) is 10.7. The van der Waals surface area contributed by atoms with Gasteiger partial charge >= 0.3 is 5.97 Å². The third-order valence-electron chi connectivity index (χ3n) is 7.45. The van der Waals surface area contributed by atoms with Crippen molar-refractivity contribution in [2.75, 3.05) is 26.7 Å². The molecular weight excluding hydrogens is 338 g/mol. The number of aliphatic carboxylic acids is 1. The molecule has 4 nitrogen and oxygen atoms in total. The summed E-state index contributed by atoms with van der Waals surface area (Å²) in [4.78, 5) is 13.7. The van der Waals surface area contributed by atoms with E-state index in [1.165, 1.54) is 43.5 Å². The number of nitrogens with zero attached hydrogens (tertiary/aromatic N) is 1. The standard InChI is InChI=1S/C23H33NO3/c1-24-13-7-17(8-14-24)9-15-27-20-3-2-18-4-10-23(21(18)16-20)11-5-19(6-12-23)22(25)26/h2-3,16-17,19H,4-15H2,1H3,(H,25,26). The van der Waals surface area contributed by atoms with E-state index in [4.69, 9.17) is 4.74 Å². The van der Waals surface area contributed by atoms with Crippen molar-refractivity contribution in [2.45, 2.75) is 63.2 Å². The number of likely N-dealkylation sites (tertiary alicyclic amines) is 1. The first-order chi connectivity index (χ1) is 13.1. The maximum Gasteiger partial charge on any atom is 0.306 e. The van der Waals surface area contributed by atoms with E-state index in [1.54, 1.807) is 0 Å². The van der Waals surface area contributed by atoms with Crippen LogP contribution in [0.4, 0.5) is 0 Å². The van der Waals surface area contributed by atoms with Gasteiger partial charge in [0.25, 0.3) is 0 Å². The summed E-state index contributed by atoms with van der Waals surface area (Å²) in [6, 6.07) is 6.66. The highest BCUT2D eigenvalue weighted by atomic mass is 16.5. The van der Waals surface area contributed by atoms with Crippen LogP contribution in [0.3, 0.4) is 0 Å². The molecule has 1 saturated heterocycles. The molecule has 1 N–H and O–H groups in total. The molecule has 2 aliphatic carbocycles. The van der Waals surface area contributed by atoms with Crippen LogP contribution in [0.25, 0.3) is 0 Å². The summed E-state index contributed by atoms with van der Waals surface area (Å²) < 4.78 is 6.15. The lowest BCUT2D eigenvalue weighted by Gasteiger charge is -2.37. The number of rotatable bonds is 5. The van der Waals surface area contributed by atoms with Crippen LogP contribution in [0.5, 0.6) is 5.75 Å². The van der Waals surface area contributed by atoms with Crippen LogP contribution in [0.1, 0.15) is 62.5 Å². The normalized spacial score (nSPS) is 29.0. The van der Waals surface area contributed by atoms with E-state index in [0.717, 1.165) is 56.8 Å². The minimum absolute atomic E-state index is 0.145. The number of hydrogen-bond donors (Lipinski definition) is 1. The van der Waals surface area contributed by atoms with Crippen LogP contribution in [0, 0.1) is 11.8 Å². The number of carbonyl (C=O) groups is 1. The highest BCUT2D eigenvalue weighted by Crippen LogP contribution is 2.50. The summed E-state index contributed by atoms with van der Waals surface area (Å²) in [7, 11) is 2.21. The monoisotopic (exact) mass is 371 g/mol. The molecule has 0 radical (unpaired) electrons. The summed E-state index contributed by atoms with van der Waals surface area (Å²) >= 11 is 0. The molecule has 27 heavy (non-hydrogen) atoms. The summed E-state index contributed by atoms with van der Waals surface area (Å²) in [5.74, 6) is 1.04. The van der Waals surface area contributed by atoms with E-state index in [1.807, 2.05) is 0 Å². The number of benzene rings is 1. The van der Waals surface area contributed by atoms with Gasteiger partial charge in [0.1, 0.15) is 5.75 Å². The van der Waals surface area contributed by atoms with Gasteiger partial charge in [0.2, 0.25) is 0 Å². The molecule has 1 aliphatic heterocycles. The zero-order valence-corrected chi connectivity index (χ0v) is 16.6. The number of aryl methyl sites for hydroxylation is 1. The molecule has 1 heterocycles. The topological polar surface area (TPSA) is 49.8 Å². The van der Waals surface area contributed by atoms with E-state index in [2.05, 4.69) is 30.1 Å². The van der Waals surface area contributed by atoms with Crippen LogP contribution in [-0.2, 0) is 16.6 Å². The van der Waals surface area contributed by atoms with Gasteiger partial charge in [-0.15, -0.1) is 0 Å². The number of piperidine rings is 1. The van der Waals surface area contributed by atoms with Gasteiger partial charge < -0.3 is 14.7 Å². The molecule has 0 amide bonds. The highest BCUT2D eigenvalue weighted by Gasteiger charge is 2.43. The van der Waals surface area contributed by atoms with Gasteiger partial charge in [-0.2, -0.15) is 0 Å². The van der Waals surface area contributed by atoms with Crippen LogP contribution in [-0.4, -0.2) is 42.7 Å². The highest BCUT2D eigenvalue weighted by molar-refractivity contribution is 5.70. The Kier molecular flexibility index (Phi) is 5.45. The molecule has 2 fully saturated rings. The van der Waals surface area contributed by atoms with Gasteiger partial charge in [-0.25, -0.2) is 0 Å². The maximum absolute atomic E-state index is 11.3. The van der Waals surface area contributed by atoms with Crippen molar-refractivity contribution in [1.82, 2.24) is 4.90 Å². The predicted molar refractivity (Wildman–Crippen MR) is 106 cm³/mol. The lowest BCUT2D eigenvalue weighted by molar-refractivity contribution is -0.143. The van der Waals surface area contributed by atoms with Crippen molar-refractivity contribution in [3.8, 4) is 5.75 Å². The average molecular weight is 372 g/mol. The maximum atomic E-state index is 11.3. The third kappa shape index (κ3) is 4.01. The molecule has 0 aromatic heterocycles. The Morgan fingerprint density at radius 2 is 1.93 bits per heavy atom. The van der Waals surface area contributed by atoms with Gasteiger partial charge in [0, 0.05) is 0 Å². The molecular formula is C23H33NO3. The second kappa shape index (κ2) is 7.83. The average Bonchev–Trinajstić information content (AvgIpc) is 3.01. The van der Waals surface area contributed by atoms with Gasteiger partial charge in [-0.1, -0.05) is 6.07 Å². The van der Waals surface area contributed by atoms with Gasteiger partial charge in [0.15, 0.2) is 0 Å². The Bertz CT molecular complexity index is 670. The minimum atomic E-state index is -0.617. The Balaban J connectivity index is 1.36. The van der Waals surface area contributed by atoms with Gasteiger partial charge in [-0.3, -0.25) is 4.79 Å². The third-order valence-corrected chi connectivity index (χ3v) is 7.45. The smallest absolute Gasteiger partial charge is 0.306 e. The molecule has 1 saturated carbocycles. The van der Waals surface area contributed by atoms with Gasteiger partial charge in [-0.05, 0) is 113 Å². The molecule has 148 valence electrons. The number of hydrogen-bond acceptors (Lipinski definition) is 3. The zero-order valence-electron chi connectivity index (χ0n) is 16.6. The number of ether oxygens (including phenoxy) is 1. The Morgan fingerprint density at radius 1 is 1.19 bits per heavy atom. The fourth-order valence-electron chi connectivity index (χ4n) is 5.50. The molecule has 1 spiro atoms. The van der Waals surface area contributed by atoms with Crippen molar-refractivity contribution in [3.63, 3.8) is 0 Å². The fraction of sp³-hybridized carbons (Fsp3) is 0.696. The van der Waals surface area contributed by atoms with E-state index in [-0.39, 0.29) is 11.3 Å². The lowest BCUT2D eigenvalue weighted by atomic mass is 9.67. The largest absolute Gasteiger partial charge is 0.494 e. The Labute approximate surface area is 162 Å². The zero-order chi connectivity index (χ0) is 18.9. The predicted octanol–water partition coefficient (Wildman–Crippen LogP) is 4.26. The van der Waals surface area contributed by atoms with Crippen LogP contribution in [0.15, 0.2) is 18.2 Å². The SMILES string of the molecule is CN1CCC(CCOc2ccc3c(c2)C2(CC3)CCC(C(=O)O)CC2)CC1. The lowest BCUT2D eigenvalue weighted by Crippen LogP contribution is -2.32. The fourth-order valence-corrected chi connectivity index (χ4v) is 5.50. The van der Waals surface area contributed by atoms with Crippen LogP contribution < -0.4 is 4.74 Å². The summed E-state index contributed by atoms with van der Waals surface area (Å²) in [6.07, 6.45) is 9.68. The van der Waals surface area contributed by atoms with E-state index >= 15 is 0 Å². The number of carboxylic acids is 1. The van der Waals surface area contributed by atoms with Crippen molar-refractivity contribution in [3.05, 3.63) is 29.3 Å². The van der Waals surface area contributed by atoms with E-state index in [9.17, 15) is 9.90 Å². The molecule has 0 bridgehead atoms. The summed E-state index contributed by atoms with van der Waals surface area (Å²) in [5, 5.41) is 9.31. The summed E-state index contributed by atoms with van der Waals surface area (Å²) in [5.41, 5.74) is 3.10. The van der Waals surface area contributed by atoms with Gasteiger partial charge in [0.05, 0.1) is 12.5 Å².